The molecule has 0 N–H and O–H groups in total. The second kappa shape index (κ2) is 5.10. The minimum Gasteiger partial charge on any atom is -0.363 e. The van der Waals surface area contributed by atoms with Crippen molar-refractivity contribution >= 4 is 21.2 Å². The molecule has 0 aliphatic carbocycles. The van der Waals surface area contributed by atoms with E-state index in [1.54, 1.807) is 6.07 Å². The number of fused-ring (bicyclic) bond motifs is 1. The molecule has 0 fully saturated rings. The predicted octanol–water partition coefficient (Wildman–Crippen LogP) is 2.52. The van der Waals surface area contributed by atoms with E-state index in [1.165, 1.54) is 23.3 Å². The molecule has 0 radical (unpaired) electrons. The van der Waals surface area contributed by atoms with Gasteiger partial charge in [-0.2, -0.15) is 0 Å². The van der Waals surface area contributed by atoms with Crippen molar-refractivity contribution in [2.75, 3.05) is 11.2 Å². The highest BCUT2D eigenvalue weighted by Gasteiger charge is 2.25. The van der Waals surface area contributed by atoms with Crippen molar-refractivity contribution < 1.29 is 13.3 Å². The summed E-state index contributed by atoms with van der Waals surface area (Å²) in [7, 11) is -3.67. The second-order valence-electron chi connectivity index (χ2n) is 5.31. The average Bonchev–Trinajstić information content (AvgIpc) is 2.89. The van der Waals surface area contributed by atoms with Crippen LogP contribution in [0.2, 0.25) is 0 Å². The van der Waals surface area contributed by atoms with Gasteiger partial charge in [-0.05, 0) is 23.3 Å². The lowest BCUT2D eigenvalue weighted by molar-refractivity contribution is -0.387. The summed E-state index contributed by atoms with van der Waals surface area (Å²) >= 11 is 0. The van der Waals surface area contributed by atoms with E-state index in [0.717, 1.165) is 6.26 Å². The van der Waals surface area contributed by atoms with Gasteiger partial charge in [0.1, 0.15) is 4.90 Å². The summed E-state index contributed by atoms with van der Waals surface area (Å²) in [6, 6.07) is 12.2. The van der Waals surface area contributed by atoms with Crippen LogP contribution in [0.4, 0.5) is 11.4 Å². The Morgan fingerprint density at radius 1 is 1.09 bits per heavy atom. The summed E-state index contributed by atoms with van der Waals surface area (Å²) in [4.78, 5) is 12.1. The van der Waals surface area contributed by atoms with Gasteiger partial charge in [-0.15, -0.1) is 0 Å². The lowest BCUT2D eigenvalue weighted by Gasteiger charge is -2.18. The van der Waals surface area contributed by atoms with Crippen molar-refractivity contribution in [2.24, 2.45) is 0 Å². The molecule has 0 bridgehead atoms. The van der Waals surface area contributed by atoms with E-state index in [2.05, 4.69) is 0 Å². The van der Waals surface area contributed by atoms with Crippen LogP contribution in [-0.4, -0.2) is 19.6 Å². The molecule has 0 amide bonds. The van der Waals surface area contributed by atoms with Gasteiger partial charge >= 0.3 is 0 Å². The quantitative estimate of drug-likeness (QED) is 0.641. The SMILES string of the molecule is CS(=O)(=O)c1cc(N2Cc3ccccc3C2)ccc1[N+](=O)[O-]. The molecule has 22 heavy (non-hydrogen) atoms. The third-order valence-corrected chi connectivity index (χ3v) is 4.87. The molecule has 6 nitrogen and oxygen atoms in total. The van der Waals surface area contributed by atoms with Gasteiger partial charge in [0.25, 0.3) is 5.69 Å². The van der Waals surface area contributed by atoms with Gasteiger partial charge in [-0.3, -0.25) is 10.1 Å². The Labute approximate surface area is 128 Å². The highest BCUT2D eigenvalue weighted by molar-refractivity contribution is 7.90. The van der Waals surface area contributed by atoms with E-state index < -0.39 is 14.8 Å². The lowest BCUT2D eigenvalue weighted by Crippen LogP contribution is -2.15. The number of hydrogen-bond donors (Lipinski definition) is 0. The number of sulfone groups is 1. The highest BCUT2D eigenvalue weighted by atomic mass is 32.2. The molecule has 2 aromatic rings. The van der Waals surface area contributed by atoms with Crippen molar-refractivity contribution in [3.63, 3.8) is 0 Å². The van der Waals surface area contributed by atoms with Gasteiger partial charge in [-0.25, -0.2) is 8.42 Å². The van der Waals surface area contributed by atoms with Gasteiger partial charge in [0.2, 0.25) is 0 Å². The number of benzene rings is 2. The van der Waals surface area contributed by atoms with Crippen molar-refractivity contribution in [3.05, 3.63) is 63.7 Å². The fourth-order valence-electron chi connectivity index (χ4n) is 2.66. The molecule has 114 valence electrons. The number of rotatable bonds is 3. The molecular formula is C15H14N2O4S. The number of hydrogen-bond acceptors (Lipinski definition) is 5. The molecule has 2 aromatic carbocycles. The van der Waals surface area contributed by atoms with Crippen LogP contribution in [0.3, 0.4) is 0 Å². The Bertz CT molecular complexity index is 837. The smallest absolute Gasteiger partial charge is 0.288 e. The molecule has 0 spiro atoms. The van der Waals surface area contributed by atoms with E-state index in [0.29, 0.717) is 18.8 Å². The average molecular weight is 318 g/mol. The van der Waals surface area contributed by atoms with Crippen molar-refractivity contribution in [1.29, 1.82) is 0 Å². The summed E-state index contributed by atoms with van der Waals surface area (Å²) in [5.41, 5.74) is 2.65. The first-order valence-electron chi connectivity index (χ1n) is 6.66. The van der Waals surface area contributed by atoms with Crippen LogP contribution in [0.5, 0.6) is 0 Å². The molecule has 0 unspecified atom stereocenters. The molecule has 1 aliphatic rings. The normalized spacial score (nSPS) is 14.0. The lowest BCUT2D eigenvalue weighted by atomic mass is 10.1. The maximum absolute atomic E-state index is 11.8. The predicted molar refractivity (Wildman–Crippen MR) is 82.5 cm³/mol. The first kappa shape index (κ1) is 14.5. The molecule has 0 atom stereocenters. The summed E-state index contributed by atoms with van der Waals surface area (Å²) in [6.07, 6.45) is 0.984. The monoisotopic (exact) mass is 318 g/mol. The second-order valence-corrected chi connectivity index (χ2v) is 7.29. The maximum atomic E-state index is 11.8. The van der Waals surface area contributed by atoms with Gasteiger partial charge < -0.3 is 4.90 Å². The molecule has 0 saturated heterocycles. The van der Waals surface area contributed by atoms with Crippen LogP contribution in [0, 0.1) is 10.1 Å². The molecule has 1 aliphatic heterocycles. The fraction of sp³-hybridized carbons (Fsp3) is 0.200. The Hall–Kier alpha value is -2.41. The van der Waals surface area contributed by atoms with Gasteiger partial charge in [0.15, 0.2) is 9.84 Å². The van der Waals surface area contributed by atoms with E-state index >= 15 is 0 Å². The minimum atomic E-state index is -3.67. The molecule has 0 aromatic heterocycles. The molecule has 1 heterocycles. The van der Waals surface area contributed by atoms with Crippen LogP contribution in [-0.2, 0) is 22.9 Å². The van der Waals surface area contributed by atoms with Crippen LogP contribution >= 0.6 is 0 Å². The summed E-state index contributed by atoms with van der Waals surface area (Å²) in [5, 5.41) is 11.0. The first-order chi connectivity index (χ1) is 10.4. The molecule has 7 heteroatoms. The number of nitro groups is 1. The standard InChI is InChI=1S/C15H14N2O4S/c1-22(20,21)15-8-13(6-7-14(15)17(18)19)16-9-11-4-2-3-5-12(11)10-16/h2-8H,9-10H2,1H3. The highest BCUT2D eigenvalue weighted by Crippen LogP contribution is 2.33. The number of nitrogens with zero attached hydrogens (tertiary/aromatic N) is 2. The fourth-order valence-corrected chi connectivity index (χ4v) is 3.52. The minimum absolute atomic E-state index is 0.244. The molecule has 0 saturated carbocycles. The van der Waals surface area contributed by atoms with E-state index in [9.17, 15) is 18.5 Å². The maximum Gasteiger partial charge on any atom is 0.288 e. The molecular weight excluding hydrogens is 304 g/mol. The Morgan fingerprint density at radius 3 is 2.18 bits per heavy atom. The number of anilines is 1. The third-order valence-electron chi connectivity index (χ3n) is 3.75. The summed E-state index contributed by atoms with van der Waals surface area (Å²) < 4.78 is 23.6. The molecule has 3 rings (SSSR count). The van der Waals surface area contributed by atoms with Crippen LogP contribution in [0.15, 0.2) is 47.4 Å². The van der Waals surface area contributed by atoms with Crippen molar-refractivity contribution in [3.8, 4) is 0 Å². The topological polar surface area (TPSA) is 80.5 Å². The zero-order valence-corrected chi connectivity index (χ0v) is 12.7. The Balaban J connectivity index is 2.02. The Morgan fingerprint density at radius 2 is 1.68 bits per heavy atom. The zero-order valence-electron chi connectivity index (χ0n) is 11.9. The van der Waals surface area contributed by atoms with Gasteiger partial charge in [-0.1, -0.05) is 24.3 Å². The van der Waals surface area contributed by atoms with Crippen LogP contribution in [0.1, 0.15) is 11.1 Å². The Kier molecular flexibility index (Phi) is 3.37. The van der Waals surface area contributed by atoms with Gasteiger partial charge in [0, 0.05) is 31.1 Å². The zero-order chi connectivity index (χ0) is 15.9. The van der Waals surface area contributed by atoms with Crippen LogP contribution in [0.25, 0.3) is 0 Å². The largest absolute Gasteiger partial charge is 0.363 e. The first-order valence-corrected chi connectivity index (χ1v) is 8.55. The van der Waals surface area contributed by atoms with Crippen molar-refractivity contribution in [2.45, 2.75) is 18.0 Å². The van der Waals surface area contributed by atoms with E-state index in [-0.39, 0.29) is 10.6 Å². The van der Waals surface area contributed by atoms with E-state index in [4.69, 9.17) is 0 Å². The van der Waals surface area contributed by atoms with E-state index in [1.807, 2.05) is 29.2 Å². The van der Waals surface area contributed by atoms with Crippen LogP contribution < -0.4 is 4.90 Å². The van der Waals surface area contributed by atoms with Gasteiger partial charge in [0.05, 0.1) is 4.92 Å². The van der Waals surface area contributed by atoms with Crippen molar-refractivity contribution in [1.82, 2.24) is 0 Å². The summed E-state index contributed by atoms with van der Waals surface area (Å²) in [6.45, 7) is 1.33. The summed E-state index contributed by atoms with van der Waals surface area (Å²) in [5.74, 6) is 0. The number of nitro benzene ring substituents is 1. The third kappa shape index (κ3) is 2.55.